The van der Waals surface area contributed by atoms with E-state index in [1.807, 2.05) is 56.3 Å². The van der Waals surface area contributed by atoms with Crippen LogP contribution in [0.3, 0.4) is 0 Å². The Morgan fingerprint density at radius 3 is 2.41 bits per heavy atom. The number of rotatable bonds is 7. The zero-order chi connectivity index (χ0) is 19.3. The second-order valence-corrected chi connectivity index (χ2v) is 6.95. The van der Waals surface area contributed by atoms with E-state index >= 15 is 0 Å². The Morgan fingerprint density at radius 1 is 1.00 bits per heavy atom. The van der Waals surface area contributed by atoms with Gasteiger partial charge in [-0.15, -0.1) is 0 Å². The third-order valence-electron chi connectivity index (χ3n) is 4.42. The first-order valence-corrected chi connectivity index (χ1v) is 9.14. The average molecular weight is 368 g/mol. The van der Waals surface area contributed by atoms with Gasteiger partial charge in [0.2, 0.25) is 0 Å². The van der Waals surface area contributed by atoms with E-state index in [-0.39, 0.29) is 6.10 Å². The van der Waals surface area contributed by atoms with E-state index in [0.29, 0.717) is 25.4 Å². The quantitative estimate of drug-likeness (QED) is 0.439. The summed E-state index contributed by atoms with van der Waals surface area (Å²) in [7, 11) is 0. The van der Waals surface area contributed by atoms with Crippen LogP contribution in [0, 0.1) is 0 Å². The van der Waals surface area contributed by atoms with Crippen LogP contribution in [0.4, 0.5) is 22.7 Å². The third-order valence-corrected chi connectivity index (χ3v) is 4.42. The van der Waals surface area contributed by atoms with Crippen LogP contribution in [0.15, 0.2) is 54.6 Å². The van der Waals surface area contributed by atoms with Gasteiger partial charge in [0.25, 0.3) is 0 Å². The van der Waals surface area contributed by atoms with Crippen molar-refractivity contribution >= 4 is 22.7 Å². The zero-order valence-electron chi connectivity index (χ0n) is 15.9. The number of nitrogens with one attached hydrogen (secondary N) is 2. The standard InChI is InChI=1S/C21H28N4O2/c1-21(2)26-14-19(27-21)15-8-7-10-17(23)20(15)25-13-6-5-12-24-18-11-4-3-9-16(18)22/h3-11,19,24-25H,12-14,22-23H2,1-2H3/b6-5+. The predicted molar refractivity (Wildman–Crippen MR) is 112 cm³/mol. The largest absolute Gasteiger partial charge is 0.397 e. The minimum Gasteiger partial charge on any atom is -0.397 e. The summed E-state index contributed by atoms with van der Waals surface area (Å²) in [6.07, 6.45) is 3.98. The van der Waals surface area contributed by atoms with Crippen LogP contribution in [0.25, 0.3) is 0 Å². The normalized spacial score (nSPS) is 18.7. The molecule has 6 heteroatoms. The van der Waals surface area contributed by atoms with Gasteiger partial charge in [-0.25, -0.2) is 0 Å². The summed E-state index contributed by atoms with van der Waals surface area (Å²) in [5.74, 6) is -0.572. The van der Waals surface area contributed by atoms with Crippen molar-refractivity contribution in [2.45, 2.75) is 25.7 Å². The van der Waals surface area contributed by atoms with Gasteiger partial charge in [0.1, 0.15) is 6.10 Å². The Kier molecular flexibility index (Phi) is 5.88. The maximum atomic E-state index is 6.18. The minimum absolute atomic E-state index is 0.127. The summed E-state index contributed by atoms with van der Waals surface area (Å²) in [5, 5.41) is 6.68. The molecule has 0 amide bonds. The Morgan fingerprint density at radius 2 is 1.70 bits per heavy atom. The fraction of sp³-hybridized carbons (Fsp3) is 0.333. The van der Waals surface area contributed by atoms with Crippen LogP contribution in [0.5, 0.6) is 0 Å². The molecule has 1 unspecified atom stereocenters. The van der Waals surface area contributed by atoms with Crippen molar-refractivity contribution in [3.63, 3.8) is 0 Å². The lowest BCUT2D eigenvalue weighted by atomic mass is 10.1. The highest BCUT2D eigenvalue weighted by Crippen LogP contribution is 2.38. The number of ether oxygens (including phenoxy) is 2. The van der Waals surface area contributed by atoms with Gasteiger partial charge in [-0.05, 0) is 32.0 Å². The molecule has 144 valence electrons. The summed E-state index contributed by atoms with van der Waals surface area (Å²) >= 11 is 0. The van der Waals surface area contributed by atoms with Crippen LogP contribution >= 0.6 is 0 Å². The molecule has 0 radical (unpaired) electrons. The molecule has 2 aromatic rings. The summed E-state index contributed by atoms with van der Waals surface area (Å²) in [6.45, 7) is 5.71. The molecule has 0 aromatic heterocycles. The maximum absolute atomic E-state index is 6.18. The van der Waals surface area contributed by atoms with Gasteiger partial charge in [0.15, 0.2) is 5.79 Å². The zero-order valence-corrected chi connectivity index (χ0v) is 15.9. The summed E-state index contributed by atoms with van der Waals surface area (Å²) in [5.41, 5.74) is 16.4. The van der Waals surface area contributed by atoms with Crippen LogP contribution in [0.2, 0.25) is 0 Å². The lowest BCUT2D eigenvalue weighted by molar-refractivity contribution is -0.139. The number of nitrogens with two attached hydrogens (primary N) is 2. The van der Waals surface area contributed by atoms with Crippen molar-refractivity contribution < 1.29 is 9.47 Å². The molecule has 1 fully saturated rings. The number of anilines is 4. The topological polar surface area (TPSA) is 94.6 Å². The highest BCUT2D eigenvalue weighted by molar-refractivity contribution is 5.71. The molecule has 0 bridgehead atoms. The number of hydrogen-bond acceptors (Lipinski definition) is 6. The molecule has 1 aliphatic rings. The first kappa shape index (κ1) is 19.1. The smallest absolute Gasteiger partial charge is 0.163 e. The third kappa shape index (κ3) is 4.93. The second kappa shape index (κ2) is 8.33. The average Bonchev–Trinajstić information content (AvgIpc) is 3.00. The van der Waals surface area contributed by atoms with Crippen LogP contribution in [-0.4, -0.2) is 25.5 Å². The van der Waals surface area contributed by atoms with Gasteiger partial charge in [-0.3, -0.25) is 0 Å². The van der Waals surface area contributed by atoms with Crippen LogP contribution < -0.4 is 22.1 Å². The highest BCUT2D eigenvalue weighted by Gasteiger charge is 2.34. The fourth-order valence-electron chi connectivity index (χ4n) is 3.06. The molecule has 6 nitrogen and oxygen atoms in total. The highest BCUT2D eigenvalue weighted by atomic mass is 16.7. The first-order chi connectivity index (χ1) is 13.0. The molecular weight excluding hydrogens is 340 g/mol. The summed E-state index contributed by atoms with van der Waals surface area (Å²) in [6, 6.07) is 13.6. The summed E-state index contributed by atoms with van der Waals surface area (Å²) < 4.78 is 11.7. The molecular formula is C21H28N4O2. The summed E-state index contributed by atoms with van der Waals surface area (Å²) in [4.78, 5) is 0. The second-order valence-electron chi connectivity index (χ2n) is 6.95. The van der Waals surface area contributed by atoms with E-state index in [1.54, 1.807) is 0 Å². The maximum Gasteiger partial charge on any atom is 0.163 e. The van der Waals surface area contributed by atoms with E-state index in [4.69, 9.17) is 20.9 Å². The van der Waals surface area contributed by atoms with E-state index in [9.17, 15) is 0 Å². The molecule has 0 aliphatic carbocycles. The molecule has 2 aromatic carbocycles. The van der Waals surface area contributed by atoms with Crippen molar-refractivity contribution in [3.05, 3.63) is 60.2 Å². The SMILES string of the molecule is CC1(C)OCC(c2cccc(N)c2NC/C=C/CNc2ccccc2N)O1. The Balaban J connectivity index is 1.56. The molecule has 0 spiro atoms. The van der Waals surface area contributed by atoms with Crippen molar-refractivity contribution in [1.29, 1.82) is 0 Å². The van der Waals surface area contributed by atoms with Gasteiger partial charge >= 0.3 is 0 Å². The van der Waals surface area contributed by atoms with Crippen LogP contribution in [-0.2, 0) is 9.47 Å². The number of benzene rings is 2. The van der Waals surface area contributed by atoms with Gasteiger partial charge in [0.05, 0.1) is 29.4 Å². The van der Waals surface area contributed by atoms with Gasteiger partial charge in [-0.1, -0.05) is 36.4 Å². The van der Waals surface area contributed by atoms with Gasteiger partial charge < -0.3 is 31.6 Å². The lowest BCUT2D eigenvalue weighted by Crippen LogP contribution is -2.20. The minimum atomic E-state index is -0.572. The van der Waals surface area contributed by atoms with Crippen molar-refractivity contribution in [2.24, 2.45) is 0 Å². The fourth-order valence-corrected chi connectivity index (χ4v) is 3.06. The molecule has 6 N–H and O–H groups in total. The van der Waals surface area contributed by atoms with Crippen molar-refractivity contribution in [1.82, 2.24) is 0 Å². The molecule has 1 heterocycles. The van der Waals surface area contributed by atoms with E-state index in [2.05, 4.69) is 22.8 Å². The number of nitrogen functional groups attached to an aromatic ring is 2. The molecule has 3 rings (SSSR count). The van der Waals surface area contributed by atoms with Gasteiger partial charge in [0, 0.05) is 18.7 Å². The Labute approximate surface area is 160 Å². The molecule has 27 heavy (non-hydrogen) atoms. The number of para-hydroxylation sites is 3. The lowest BCUT2D eigenvalue weighted by Gasteiger charge is -2.20. The van der Waals surface area contributed by atoms with Crippen molar-refractivity contribution in [3.8, 4) is 0 Å². The van der Waals surface area contributed by atoms with E-state index < -0.39 is 5.79 Å². The van der Waals surface area contributed by atoms with Gasteiger partial charge in [-0.2, -0.15) is 0 Å². The molecule has 1 saturated heterocycles. The Bertz CT molecular complexity index is 805. The first-order valence-electron chi connectivity index (χ1n) is 9.14. The molecule has 1 atom stereocenters. The predicted octanol–water partition coefficient (Wildman–Crippen LogP) is 3.76. The monoisotopic (exact) mass is 368 g/mol. The molecule has 1 aliphatic heterocycles. The number of hydrogen-bond donors (Lipinski definition) is 4. The van der Waals surface area contributed by atoms with E-state index in [0.717, 1.165) is 22.6 Å². The Hall–Kier alpha value is -2.70. The van der Waals surface area contributed by atoms with Crippen molar-refractivity contribution in [2.75, 3.05) is 41.8 Å². The van der Waals surface area contributed by atoms with Crippen LogP contribution in [0.1, 0.15) is 25.5 Å². The molecule has 0 saturated carbocycles. The van der Waals surface area contributed by atoms with E-state index in [1.165, 1.54) is 0 Å².